The van der Waals surface area contributed by atoms with Gasteiger partial charge in [-0.05, 0) is 37.8 Å². The highest BCUT2D eigenvalue weighted by Gasteiger charge is 2.45. The Morgan fingerprint density at radius 1 is 1.42 bits per heavy atom. The van der Waals surface area contributed by atoms with E-state index in [1.54, 1.807) is 24.1 Å². The van der Waals surface area contributed by atoms with Gasteiger partial charge in [-0.15, -0.1) is 0 Å². The molecule has 6 nitrogen and oxygen atoms in total. The topological polar surface area (TPSA) is 75.2 Å². The van der Waals surface area contributed by atoms with Crippen molar-refractivity contribution in [2.45, 2.75) is 38.4 Å². The lowest BCUT2D eigenvalue weighted by atomic mass is 10.0. The van der Waals surface area contributed by atoms with Crippen molar-refractivity contribution in [1.29, 1.82) is 0 Å². The lowest BCUT2D eigenvalue weighted by molar-refractivity contribution is -0.150. The van der Waals surface area contributed by atoms with Crippen molar-refractivity contribution in [3.63, 3.8) is 0 Å². The molecule has 2 unspecified atom stereocenters. The van der Waals surface area contributed by atoms with Gasteiger partial charge in [0.05, 0.1) is 12.2 Å². The molecule has 0 aromatic carbocycles. The van der Waals surface area contributed by atoms with Gasteiger partial charge in [-0.3, -0.25) is 9.59 Å². The van der Waals surface area contributed by atoms with E-state index in [4.69, 9.17) is 0 Å². The smallest absolute Gasteiger partial charge is 0.246 e. The van der Waals surface area contributed by atoms with Crippen molar-refractivity contribution in [3.05, 3.63) is 24.0 Å². The Bertz CT molecular complexity index is 501. The highest BCUT2D eigenvalue weighted by molar-refractivity contribution is 5.97. The van der Waals surface area contributed by atoms with E-state index in [0.29, 0.717) is 18.2 Å². The molecule has 1 aromatic heterocycles. The standard InChI is InChI=1S/C13H16N4O2/c1-8-12(18)15-11(9-4-5-9)13(19)17(8)7-10-3-2-6-14-16-10/h2-3,6,8-9,11H,4-5,7H2,1H3,(H,15,18). The number of amides is 2. The molecular formula is C13H16N4O2. The van der Waals surface area contributed by atoms with Gasteiger partial charge in [0.2, 0.25) is 11.8 Å². The van der Waals surface area contributed by atoms with Crippen molar-refractivity contribution in [2.75, 3.05) is 0 Å². The van der Waals surface area contributed by atoms with Crippen LogP contribution in [0.3, 0.4) is 0 Å². The van der Waals surface area contributed by atoms with E-state index in [0.717, 1.165) is 12.8 Å². The predicted octanol–water partition coefficient (Wildman–Crippen LogP) is 0.102. The second kappa shape index (κ2) is 4.60. The lowest BCUT2D eigenvalue weighted by Gasteiger charge is -2.37. The Balaban J connectivity index is 1.80. The second-order valence-electron chi connectivity index (χ2n) is 5.18. The molecule has 3 rings (SSSR count). The fraction of sp³-hybridized carbons (Fsp3) is 0.538. The third kappa shape index (κ3) is 2.30. The first-order chi connectivity index (χ1) is 9.16. The maximum atomic E-state index is 12.4. The second-order valence-corrected chi connectivity index (χ2v) is 5.18. The zero-order valence-electron chi connectivity index (χ0n) is 10.7. The number of nitrogens with zero attached hydrogens (tertiary/aromatic N) is 3. The zero-order chi connectivity index (χ0) is 13.4. The fourth-order valence-corrected chi connectivity index (χ4v) is 2.40. The van der Waals surface area contributed by atoms with Gasteiger partial charge >= 0.3 is 0 Å². The maximum absolute atomic E-state index is 12.4. The normalized spacial score (nSPS) is 27.3. The van der Waals surface area contributed by atoms with Crippen LogP contribution in [0.15, 0.2) is 18.3 Å². The number of carbonyl (C=O) groups is 2. The van der Waals surface area contributed by atoms with E-state index in [-0.39, 0.29) is 17.9 Å². The third-order valence-electron chi connectivity index (χ3n) is 3.75. The molecule has 100 valence electrons. The van der Waals surface area contributed by atoms with Crippen molar-refractivity contribution in [1.82, 2.24) is 20.4 Å². The van der Waals surface area contributed by atoms with Crippen LogP contribution in [0.25, 0.3) is 0 Å². The highest BCUT2D eigenvalue weighted by atomic mass is 16.2. The third-order valence-corrected chi connectivity index (χ3v) is 3.75. The molecule has 1 saturated carbocycles. The molecule has 1 aliphatic heterocycles. The SMILES string of the molecule is CC1C(=O)NC(C2CC2)C(=O)N1Cc1cccnn1. The first-order valence-corrected chi connectivity index (χ1v) is 6.54. The molecule has 2 heterocycles. The van der Waals surface area contributed by atoms with Crippen LogP contribution < -0.4 is 5.32 Å². The summed E-state index contributed by atoms with van der Waals surface area (Å²) in [7, 11) is 0. The molecule has 1 aliphatic carbocycles. The molecule has 6 heteroatoms. The predicted molar refractivity (Wildman–Crippen MR) is 66.7 cm³/mol. The van der Waals surface area contributed by atoms with Crippen LogP contribution in [0.4, 0.5) is 0 Å². The molecule has 2 amide bonds. The molecule has 0 spiro atoms. The Morgan fingerprint density at radius 3 is 2.84 bits per heavy atom. The molecule has 19 heavy (non-hydrogen) atoms. The van der Waals surface area contributed by atoms with E-state index in [1.807, 2.05) is 6.07 Å². The van der Waals surface area contributed by atoms with Crippen LogP contribution in [0.2, 0.25) is 0 Å². The summed E-state index contributed by atoms with van der Waals surface area (Å²) in [6.45, 7) is 2.08. The number of piperazine rings is 1. The van der Waals surface area contributed by atoms with Gasteiger partial charge in [-0.25, -0.2) is 0 Å². The Morgan fingerprint density at radius 2 is 2.21 bits per heavy atom. The molecule has 1 N–H and O–H groups in total. The minimum absolute atomic E-state index is 0.000234. The molecule has 1 aromatic rings. The summed E-state index contributed by atoms with van der Waals surface area (Å²) in [6, 6.07) is 2.79. The summed E-state index contributed by atoms with van der Waals surface area (Å²) in [4.78, 5) is 26.0. The van der Waals surface area contributed by atoms with Gasteiger partial charge in [0.25, 0.3) is 0 Å². The Hall–Kier alpha value is -1.98. The zero-order valence-corrected chi connectivity index (χ0v) is 10.7. The monoisotopic (exact) mass is 260 g/mol. The summed E-state index contributed by atoms with van der Waals surface area (Å²) in [5.41, 5.74) is 0.701. The number of hydrogen-bond acceptors (Lipinski definition) is 4. The summed E-state index contributed by atoms with van der Waals surface area (Å²) < 4.78 is 0. The summed E-state index contributed by atoms with van der Waals surface area (Å²) in [5, 5.41) is 10.6. The minimum Gasteiger partial charge on any atom is -0.342 e. The van der Waals surface area contributed by atoms with E-state index >= 15 is 0 Å². The van der Waals surface area contributed by atoms with Crippen LogP contribution in [0, 0.1) is 5.92 Å². The van der Waals surface area contributed by atoms with Crippen LogP contribution in [0.5, 0.6) is 0 Å². The molecular weight excluding hydrogens is 244 g/mol. The molecule has 0 radical (unpaired) electrons. The Kier molecular flexibility index (Phi) is 2.93. The quantitative estimate of drug-likeness (QED) is 0.836. The summed E-state index contributed by atoms with van der Waals surface area (Å²) in [6.07, 6.45) is 3.62. The number of nitrogens with one attached hydrogen (secondary N) is 1. The van der Waals surface area contributed by atoms with Crippen molar-refractivity contribution in [2.24, 2.45) is 5.92 Å². The van der Waals surface area contributed by atoms with Crippen molar-refractivity contribution < 1.29 is 9.59 Å². The van der Waals surface area contributed by atoms with Crippen LogP contribution in [-0.2, 0) is 16.1 Å². The van der Waals surface area contributed by atoms with E-state index in [1.165, 1.54) is 0 Å². The first-order valence-electron chi connectivity index (χ1n) is 6.54. The average Bonchev–Trinajstić information content (AvgIpc) is 3.24. The van der Waals surface area contributed by atoms with Crippen molar-refractivity contribution in [3.8, 4) is 0 Å². The highest BCUT2D eigenvalue weighted by Crippen LogP contribution is 2.35. The van der Waals surface area contributed by atoms with Gasteiger partial charge in [-0.1, -0.05) is 0 Å². The van der Waals surface area contributed by atoms with Gasteiger partial charge in [0.15, 0.2) is 0 Å². The summed E-state index contributed by atoms with van der Waals surface area (Å²) >= 11 is 0. The maximum Gasteiger partial charge on any atom is 0.246 e. The Labute approximate surface area is 111 Å². The summed E-state index contributed by atoms with van der Waals surface area (Å²) in [5.74, 6) is 0.231. The van der Waals surface area contributed by atoms with Crippen molar-refractivity contribution >= 4 is 11.8 Å². The largest absolute Gasteiger partial charge is 0.342 e. The van der Waals surface area contributed by atoms with E-state index in [9.17, 15) is 9.59 Å². The number of hydrogen-bond donors (Lipinski definition) is 1. The van der Waals surface area contributed by atoms with Crippen LogP contribution >= 0.6 is 0 Å². The fourth-order valence-electron chi connectivity index (χ4n) is 2.40. The molecule has 2 aliphatic rings. The minimum atomic E-state index is -0.454. The van der Waals surface area contributed by atoms with Crippen LogP contribution in [-0.4, -0.2) is 39.0 Å². The molecule has 2 atom stereocenters. The van der Waals surface area contributed by atoms with Gasteiger partial charge in [0.1, 0.15) is 12.1 Å². The van der Waals surface area contributed by atoms with Gasteiger partial charge < -0.3 is 10.2 Å². The first kappa shape index (κ1) is 12.1. The number of rotatable bonds is 3. The number of aromatic nitrogens is 2. The lowest BCUT2D eigenvalue weighted by Crippen LogP contribution is -2.62. The molecule has 0 bridgehead atoms. The number of carbonyl (C=O) groups excluding carboxylic acids is 2. The van der Waals surface area contributed by atoms with E-state index < -0.39 is 6.04 Å². The average molecular weight is 260 g/mol. The van der Waals surface area contributed by atoms with E-state index in [2.05, 4.69) is 15.5 Å². The van der Waals surface area contributed by atoms with Gasteiger partial charge in [-0.2, -0.15) is 10.2 Å². The van der Waals surface area contributed by atoms with Crippen LogP contribution in [0.1, 0.15) is 25.5 Å². The molecule has 1 saturated heterocycles. The van der Waals surface area contributed by atoms with Gasteiger partial charge in [0, 0.05) is 6.20 Å². The molecule has 2 fully saturated rings.